The van der Waals surface area contributed by atoms with Gasteiger partial charge in [0.05, 0.1) is 11.2 Å². The maximum absolute atomic E-state index is 12.8. The van der Waals surface area contributed by atoms with E-state index in [4.69, 9.17) is 11.6 Å². The topological polar surface area (TPSA) is 58.1 Å². The second-order valence-corrected chi connectivity index (χ2v) is 7.30. The van der Waals surface area contributed by atoms with Crippen molar-refractivity contribution >= 4 is 17.5 Å². The number of amides is 1. The molecule has 0 radical (unpaired) electrons. The predicted octanol–water partition coefficient (Wildman–Crippen LogP) is 3.08. The molecule has 1 aromatic carbocycles. The van der Waals surface area contributed by atoms with Crippen molar-refractivity contribution in [3.63, 3.8) is 0 Å². The van der Waals surface area contributed by atoms with Crippen molar-refractivity contribution in [2.24, 2.45) is 0 Å². The van der Waals surface area contributed by atoms with Crippen molar-refractivity contribution in [2.45, 2.75) is 31.7 Å². The fourth-order valence-electron chi connectivity index (χ4n) is 3.24. The van der Waals surface area contributed by atoms with E-state index in [0.29, 0.717) is 5.82 Å². The number of hydrogen-bond donors (Lipinski definition) is 1. The lowest BCUT2D eigenvalue weighted by molar-refractivity contribution is 0.0930. The Morgan fingerprint density at radius 2 is 2.00 bits per heavy atom. The molecule has 3 rings (SSSR count). The van der Waals surface area contributed by atoms with Gasteiger partial charge in [-0.2, -0.15) is 0 Å². The Balaban J connectivity index is 1.81. The first-order valence-electron chi connectivity index (χ1n) is 8.52. The molecule has 1 N–H and O–H groups in total. The Hall–Kier alpha value is -1.98. The van der Waals surface area contributed by atoms with E-state index in [1.807, 2.05) is 32.0 Å². The van der Waals surface area contributed by atoms with Crippen molar-refractivity contribution in [3.8, 4) is 0 Å². The van der Waals surface area contributed by atoms with Crippen LogP contribution >= 0.6 is 11.6 Å². The van der Waals surface area contributed by atoms with Gasteiger partial charge in [0.1, 0.15) is 11.5 Å². The minimum atomic E-state index is -0.240. The Morgan fingerprint density at radius 1 is 1.28 bits per heavy atom. The molecular formula is C19H23ClN4O. The summed E-state index contributed by atoms with van der Waals surface area (Å²) in [5.74, 6) is 0.770. The maximum atomic E-state index is 12.8. The molecule has 1 saturated heterocycles. The van der Waals surface area contributed by atoms with E-state index in [2.05, 4.69) is 39.4 Å². The zero-order chi connectivity index (χ0) is 18.0. The lowest BCUT2D eigenvalue weighted by Gasteiger charge is -2.20. The molecule has 1 aliphatic heterocycles. The van der Waals surface area contributed by atoms with E-state index < -0.39 is 0 Å². The normalized spacial score (nSPS) is 20.8. The number of carbonyl (C=O) groups is 1. The third kappa shape index (κ3) is 3.99. The lowest BCUT2D eigenvalue weighted by atomic mass is 9.94. The third-order valence-corrected chi connectivity index (χ3v) is 4.82. The van der Waals surface area contributed by atoms with Crippen molar-refractivity contribution in [1.82, 2.24) is 20.2 Å². The van der Waals surface area contributed by atoms with Crippen molar-refractivity contribution < 1.29 is 4.79 Å². The molecule has 1 aromatic heterocycles. The summed E-state index contributed by atoms with van der Waals surface area (Å²) in [6, 6.07) is 10.3. The summed E-state index contributed by atoms with van der Waals surface area (Å²) in [6.07, 6.45) is 1.51. The minimum absolute atomic E-state index is 0.0217. The molecule has 25 heavy (non-hydrogen) atoms. The van der Waals surface area contributed by atoms with Gasteiger partial charge in [-0.15, -0.1) is 0 Å². The van der Waals surface area contributed by atoms with Gasteiger partial charge in [-0.05, 0) is 12.6 Å². The number of likely N-dealkylation sites (N-methyl/N-ethyl adjacent to an activating group) is 1. The van der Waals surface area contributed by atoms with Gasteiger partial charge in [-0.25, -0.2) is 9.97 Å². The van der Waals surface area contributed by atoms with Crippen molar-refractivity contribution in [1.29, 1.82) is 0 Å². The van der Waals surface area contributed by atoms with Crippen LogP contribution < -0.4 is 5.32 Å². The molecular weight excluding hydrogens is 336 g/mol. The smallest absolute Gasteiger partial charge is 0.271 e. The summed E-state index contributed by atoms with van der Waals surface area (Å²) >= 11 is 6.17. The molecule has 2 heterocycles. The second-order valence-electron chi connectivity index (χ2n) is 6.90. The molecule has 0 spiro atoms. The Morgan fingerprint density at radius 3 is 2.68 bits per heavy atom. The number of nitrogens with one attached hydrogen (secondary N) is 1. The minimum Gasteiger partial charge on any atom is -0.346 e. The molecule has 0 saturated carbocycles. The first kappa shape index (κ1) is 17.8. The summed E-state index contributed by atoms with van der Waals surface area (Å²) in [7, 11) is 2.07. The van der Waals surface area contributed by atoms with E-state index in [1.54, 1.807) is 0 Å². The highest BCUT2D eigenvalue weighted by atomic mass is 35.5. The third-order valence-electron chi connectivity index (χ3n) is 4.54. The molecule has 1 fully saturated rings. The number of halogens is 1. The van der Waals surface area contributed by atoms with Crippen LogP contribution in [-0.2, 0) is 0 Å². The van der Waals surface area contributed by atoms with E-state index in [0.717, 1.165) is 13.1 Å². The quantitative estimate of drug-likeness (QED) is 0.912. The summed E-state index contributed by atoms with van der Waals surface area (Å²) in [5.41, 5.74) is 1.48. The summed E-state index contributed by atoms with van der Waals surface area (Å²) < 4.78 is 0. The van der Waals surface area contributed by atoms with Crippen LogP contribution in [0.3, 0.4) is 0 Å². The van der Waals surface area contributed by atoms with Gasteiger partial charge < -0.3 is 10.2 Å². The molecule has 1 aliphatic rings. The summed E-state index contributed by atoms with van der Waals surface area (Å²) in [4.78, 5) is 23.6. The van der Waals surface area contributed by atoms with Crippen LogP contribution in [0.25, 0.3) is 0 Å². The highest BCUT2D eigenvalue weighted by Gasteiger charge is 2.33. The molecule has 0 aliphatic carbocycles. The predicted molar refractivity (Wildman–Crippen MR) is 99.1 cm³/mol. The highest BCUT2D eigenvalue weighted by molar-refractivity contribution is 6.33. The van der Waals surface area contributed by atoms with E-state index in [1.165, 1.54) is 11.8 Å². The van der Waals surface area contributed by atoms with Gasteiger partial charge in [0, 0.05) is 31.0 Å². The number of hydrogen-bond acceptors (Lipinski definition) is 4. The van der Waals surface area contributed by atoms with Crippen LogP contribution in [0.1, 0.15) is 47.6 Å². The van der Waals surface area contributed by atoms with Crippen LogP contribution in [0.2, 0.25) is 5.02 Å². The van der Waals surface area contributed by atoms with Crippen LogP contribution in [0.5, 0.6) is 0 Å². The fraction of sp³-hybridized carbons (Fsp3) is 0.421. The fourth-order valence-corrected chi connectivity index (χ4v) is 3.42. The van der Waals surface area contributed by atoms with Gasteiger partial charge in [-0.1, -0.05) is 55.8 Å². The monoisotopic (exact) mass is 358 g/mol. The summed E-state index contributed by atoms with van der Waals surface area (Å²) in [5, 5.41) is 3.41. The van der Waals surface area contributed by atoms with Crippen LogP contribution in [-0.4, -0.2) is 47.0 Å². The lowest BCUT2D eigenvalue weighted by Crippen LogP contribution is -2.40. The zero-order valence-corrected chi connectivity index (χ0v) is 15.5. The highest BCUT2D eigenvalue weighted by Crippen LogP contribution is 2.27. The van der Waals surface area contributed by atoms with E-state index in [-0.39, 0.29) is 34.5 Å². The van der Waals surface area contributed by atoms with Crippen molar-refractivity contribution in [3.05, 3.63) is 58.6 Å². The molecule has 2 atom stereocenters. The molecule has 5 nitrogen and oxygen atoms in total. The standard InChI is InChI=1S/C19H23ClN4O/c1-12(2)18-21-9-15(20)17(23-18)19(25)22-16-11-24(3)10-14(16)13-7-5-4-6-8-13/h4-9,12,14,16H,10-11H2,1-3H3,(H,22,25)/t14-,16-/m0/s1. The zero-order valence-electron chi connectivity index (χ0n) is 14.7. The molecule has 0 unspecified atom stereocenters. The SMILES string of the molecule is CC(C)c1ncc(Cl)c(C(=O)N[C@H]2CN(C)C[C@H]2c2ccccc2)n1. The van der Waals surface area contributed by atoms with Gasteiger partial charge in [0.2, 0.25) is 0 Å². The Kier molecular flexibility index (Phi) is 5.35. The Bertz CT molecular complexity index is 750. The largest absolute Gasteiger partial charge is 0.346 e. The number of aromatic nitrogens is 2. The van der Waals surface area contributed by atoms with Crippen LogP contribution in [0.15, 0.2) is 36.5 Å². The average Bonchev–Trinajstić information content (AvgIpc) is 2.96. The van der Waals surface area contributed by atoms with Crippen LogP contribution in [0.4, 0.5) is 0 Å². The number of benzene rings is 1. The molecule has 1 amide bonds. The van der Waals surface area contributed by atoms with Gasteiger partial charge >= 0.3 is 0 Å². The molecule has 2 aromatic rings. The summed E-state index contributed by atoms with van der Waals surface area (Å²) in [6.45, 7) is 5.68. The van der Waals surface area contributed by atoms with Gasteiger partial charge in [-0.3, -0.25) is 4.79 Å². The van der Waals surface area contributed by atoms with Crippen LogP contribution in [0, 0.1) is 0 Å². The average molecular weight is 359 g/mol. The number of likely N-dealkylation sites (tertiary alicyclic amines) is 1. The molecule has 6 heteroatoms. The maximum Gasteiger partial charge on any atom is 0.271 e. The first-order valence-corrected chi connectivity index (χ1v) is 8.90. The number of nitrogens with zero attached hydrogens (tertiary/aromatic N) is 3. The van der Waals surface area contributed by atoms with E-state index in [9.17, 15) is 4.79 Å². The number of rotatable bonds is 4. The molecule has 0 bridgehead atoms. The number of carbonyl (C=O) groups excluding carboxylic acids is 1. The Labute approximate surface area is 153 Å². The molecule has 132 valence electrons. The van der Waals surface area contributed by atoms with Crippen molar-refractivity contribution in [2.75, 3.05) is 20.1 Å². The van der Waals surface area contributed by atoms with Gasteiger partial charge in [0.25, 0.3) is 5.91 Å². The second kappa shape index (κ2) is 7.50. The van der Waals surface area contributed by atoms with Gasteiger partial charge in [0.15, 0.2) is 0 Å². The first-order chi connectivity index (χ1) is 12.0. The van der Waals surface area contributed by atoms with E-state index >= 15 is 0 Å².